The molecule has 0 saturated carbocycles. The molecule has 0 saturated heterocycles. The Morgan fingerprint density at radius 3 is 2.74 bits per heavy atom. The minimum atomic E-state index is -1.41. The zero-order valence-corrected chi connectivity index (χ0v) is 12.7. The summed E-state index contributed by atoms with van der Waals surface area (Å²) in [5, 5.41) is 20.1. The molecule has 0 spiro atoms. The summed E-state index contributed by atoms with van der Waals surface area (Å²) in [6, 6.07) is 4.00. The second-order valence-electron chi connectivity index (χ2n) is 4.05. The zero-order valence-electron chi connectivity index (χ0n) is 10.3. The molecule has 0 aliphatic carbocycles. The summed E-state index contributed by atoms with van der Waals surface area (Å²) < 4.78 is 1.08. The number of hydrogen-bond acceptors (Lipinski definition) is 4. The van der Waals surface area contributed by atoms with Crippen LogP contribution in [0.25, 0.3) is 0 Å². The lowest BCUT2D eigenvalue weighted by Crippen LogP contribution is -2.29. The van der Waals surface area contributed by atoms with E-state index in [1.54, 1.807) is 11.3 Å². The van der Waals surface area contributed by atoms with Gasteiger partial charge in [0.25, 0.3) is 0 Å². The van der Waals surface area contributed by atoms with Gasteiger partial charge in [-0.05, 0) is 40.9 Å². The molecule has 0 aliphatic rings. The molecule has 1 rings (SSSR count). The minimum Gasteiger partial charge on any atom is -0.479 e. The van der Waals surface area contributed by atoms with E-state index in [2.05, 4.69) is 21.2 Å². The van der Waals surface area contributed by atoms with E-state index in [0.29, 0.717) is 6.42 Å². The van der Waals surface area contributed by atoms with Crippen LogP contribution in [0, 0.1) is 0 Å². The first-order chi connectivity index (χ1) is 8.99. The molecule has 0 aliphatic heterocycles. The Labute approximate surface area is 123 Å². The van der Waals surface area contributed by atoms with Gasteiger partial charge in [0, 0.05) is 24.3 Å². The molecule has 0 aromatic carbocycles. The third kappa shape index (κ3) is 6.70. The summed E-state index contributed by atoms with van der Waals surface area (Å²) in [5.74, 6) is -1.38. The van der Waals surface area contributed by atoms with E-state index in [0.717, 1.165) is 16.6 Å². The Kier molecular flexibility index (Phi) is 7.04. The first-order valence-electron chi connectivity index (χ1n) is 5.91. The van der Waals surface area contributed by atoms with Crippen LogP contribution in [0.4, 0.5) is 0 Å². The fourth-order valence-electron chi connectivity index (χ4n) is 1.47. The van der Waals surface area contributed by atoms with Crippen molar-refractivity contribution < 1.29 is 19.8 Å². The van der Waals surface area contributed by atoms with Gasteiger partial charge < -0.3 is 15.5 Å². The van der Waals surface area contributed by atoms with Crippen LogP contribution in [0.1, 0.15) is 24.1 Å². The van der Waals surface area contributed by atoms with Crippen molar-refractivity contribution in [3.05, 3.63) is 20.8 Å². The molecule has 5 nitrogen and oxygen atoms in total. The first kappa shape index (κ1) is 16.1. The quantitative estimate of drug-likeness (QED) is 0.667. The van der Waals surface area contributed by atoms with Gasteiger partial charge in [-0.3, -0.25) is 4.79 Å². The van der Waals surface area contributed by atoms with E-state index in [1.807, 2.05) is 12.1 Å². The summed E-state index contributed by atoms with van der Waals surface area (Å²) in [6.07, 6.45) is 0.614. The average molecular weight is 350 g/mol. The second kappa shape index (κ2) is 8.29. The smallest absolute Gasteiger partial charge is 0.332 e. The Balaban J connectivity index is 2.10. The van der Waals surface area contributed by atoms with Crippen molar-refractivity contribution in [2.75, 3.05) is 6.54 Å². The molecular formula is C12H16BrNO4S. The molecule has 1 heterocycles. The van der Waals surface area contributed by atoms with Crippen molar-refractivity contribution in [1.29, 1.82) is 0 Å². The average Bonchev–Trinajstić information content (AvgIpc) is 2.74. The van der Waals surface area contributed by atoms with Gasteiger partial charge in [0.2, 0.25) is 5.91 Å². The standard InChI is InChI=1S/C12H16BrNO4S/c13-10-5-4-8(19-10)2-1-3-11(16)14-7-6-9(15)12(17)18/h4-5,9,15H,1-3,6-7H2,(H,14,16)(H,17,18)/t9-/m0/s1. The van der Waals surface area contributed by atoms with E-state index in [1.165, 1.54) is 4.88 Å². The van der Waals surface area contributed by atoms with Gasteiger partial charge in [-0.2, -0.15) is 0 Å². The lowest BCUT2D eigenvalue weighted by Gasteiger charge is -2.07. The molecule has 106 valence electrons. The van der Waals surface area contributed by atoms with Crippen molar-refractivity contribution >= 4 is 39.1 Å². The van der Waals surface area contributed by atoms with Crippen molar-refractivity contribution in [3.8, 4) is 0 Å². The fourth-order valence-corrected chi connectivity index (χ4v) is 2.99. The second-order valence-corrected chi connectivity index (χ2v) is 6.60. The lowest BCUT2D eigenvalue weighted by atomic mass is 10.2. The van der Waals surface area contributed by atoms with Gasteiger partial charge in [0.15, 0.2) is 6.10 Å². The van der Waals surface area contributed by atoms with Gasteiger partial charge in [-0.25, -0.2) is 4.79 Å². The number of amides is 1. The normalized spacial score (nSPS) is 12.1. The van der Waals surface area contributed by atoms with Gasteiger partial charge in [0.05, 0.1) is 3.79 Å². The minimum absolute atomic E-state index is 0.0267. The number of aliphatic hydroxyl groups excluding tert-OH is 1. The van der Waals surface area contributed by atoms with Crippen molar-refractivity contribution in [2.45, 2.75) is 31.8 Å². The lowest BCUT2D eigenvalue weighted by molar-refractivity contribution is -0.147. The highest BCUT2D eigenvalue weighted by molar-refractivity contribution is 9.11. The molecular weight excluding hydrogens is 334 g/mol. The number of nitrogens with one attached hydrogen (secondary N) is 1. The summed E-state index contributed by atoms with van der Waals surface area (Å²) in [5.41, 5.74) is 0. The summed E-state index contributed by atoms with van der Waals surface area (Å²) in [7, 11) is 0. The highest BCUT2D eigenvalue weighted by Crippen LogP contribution is 2.23. The summed E-state index contributed by atoms with van der Waals surface area (Å²) >= 11 is 5.03. The number of aliphatic carboxylic acids is 1. The van der Waals surface area contributed by atoms with Crippen LogP contribution in [0.15, 0.2) is 15.9 Å². The Bertz CT molecular complexity index is 435. The number of hydrogen-bond donors (Lipinski definition) is 3. The zero-order chi connectivity index (χ0) is 14.3. The van der Waals surface area contributed by atoms with Crippen molar-refractivity contribution in [1.82, 2.24) is 5.32 Å². The number of aliphatic hydroxyl groups is 1. The molecule has 19 heavy (non-hydrogen) atoms. The van der Waals surface area contributed by atoms with Crippen LogP contribution in [-0.4, -0.2) is 34.7 Å². The Morgan fingerprint density at radius 2 is 2.16 bits per heavy atom. The monoisotopic (exact) mass is 349 g/mol. The third-order valence-corrected chi connectivity index (χ3v) is 4.16. The number of carboxylic acid groups (broad SMARTS) is 1. The number of rotatable bonds is 8. The summed E-state index contributed by atoms with van der Waals surface area (Å²) in [6.45, 7) is 0.177. The van der Waals surface area contributed by atoms with Gasteiger partial charge in [-0.1, -0.05) is 0 Å². The molecule has 1 amide bonds. The molecule has 1 aromatic rings. The predicted molar refractivity (Wildman–Crippen MR) is 76.2 cm³/mol. The van der Waals surface area contributed by atoms with E-state index in [9.17, 15) is 9.59 Å². The van der Waals surface area contributed by atoms with Crippen LogP contribution in [-0.2, 0) is 16.0 Å². The van der Waals surface area contributed by atoms with Crippen LogP contribution in [0.3, 0.4) is 0 Å². The van der Waals surface area contributed by atoms with Crippen LogP contribution in [0.2, 0.25) is 0 Å². The number of carboxylic acids is 1. The van der Waals surface area contributed by atoms with Crippen LogP contribution < -0.4 is 5.32 Å². The Hall–Kier alpha value is -0.920. The van der Waals surface area contributed by atoms with E-state index in [4.69, 9.17) is 10.2 Å². The maximum atomic E-state index is 11.4. The number of halogens is 1. The van der Waals surface area contributed by atoms with Gasteiger partial charge in [-0.15, -0.1) is 11.3 Å². The van der Waals surface area contributed by atoms with Crippen molar-refractivity contribution in [3.63, 3.8) is 0 Å². The van der Waals surface area contributed by atoms with Crippen LogP contribution in [0.5, 0.6) is 0 Å². The number of carbonyl (C=O) groups is 2. The van der Waals surface area contributed by atoms with Crippen LogP contribution >= 0.6 is 27.3 Å². The summed E-state index contributed by atoms with van der Waals surface area (Å²) in [4.78, 5) is 23.0. The molecule has 0 radical (unpaired) electrons. The molecule has 0 bridgehead atoms. The van der Waals surface area contributed by atoms with E-state index in [-0.39, 0.29) is 18.9 Å². The number of thiophene rings is 1. The largest absolute Gasteiger partial charge is 0.479 e. The topological polar surface area (TPSA) is 86.6 Å². The van der Waals surface area contributed by atoms with E-state index < -0.39 is 12.1 Å². The highest BCUT2D eigenvalue weighted by atomic mass is 79.9. The highest BCUT2D eigenvalue weighted by Gasteiger charge is 2.12. The number of carbonyl (C=O) groups excluding carboxylic acids is 1. The molecule has 1 atom stereocenters. The predicted octanol–water partition coefficient (Wildman–Crippen LogP) is 1.79. The fraction of sp³-hybridized carbons (Fsp3) is 0.500. The SMILES string of the molecule is O=C(CCCc1ccc(Br)s1)NCC[C@H](O)C(=O)O. The molecule has 3 N–H and O–H groups in total. The van der Waals surface area contributed by atoms with Gasteiger partial charge in [0.1, 0.15) is 0 Å². The molecule has 0 fully saturated rings. The molecule has 7 heteroatoms. The Morgan fingerprint density at radius 1 is 1.42 bits per heavy atom. The number of aryl methyl sites for hydroxylation is 1. The van der Waals surface area contributed by atoms with E-state index >= 15 is 0 Å². The maximum Gasteiger partial charge on any atom is 0.332 e. The van der Waals surface area contributed by atoms with Crippen molar-refractivity contribution in [2.24, 2.45) is 0 Å². The molecule has 1 aromatic heterocycles. The maximum absolute atomic E-state index is 11.4. The molecule has 0 unspecified atom stereocenters. The first-order valence-corrected chi connectivity index (χ1v) is 7.52. The van der Waals surface area contributed by atoms with Gasteiger partial charge >= 0.3 is 5.97 Å². The third-order valence-electron chi connectivity index (χ3n) is 2.48.